The average Bonchev–Trinajstić information content (AvgIpc) is 3.36. The molecule has 0 saturated heterocycles. The summed E-state index contributed by atoms with van der Waals surface area (Å²) < 4.78 is 16.9. The molecule has 406 valence electrons. The van der Waals surface area contributed by atoms with Crippen LogP contribution >= 0.6 is 0 Å². The fourth-order valence-electron chi connectivity index (χ4n) is 8.72. The maximum atomic E-state index is 12.9. The van der Waals surface area contributed by atoms with E-state index < -0.39 is 6.10 Å². The molecule has 0 fully saturated rings. The molecule has 6 heteroatoms. The van der Waals surface area contributed by atoms with Gasteiger partial charge in [-0.15, -0.1) is 0 Å². The van der Waals surface area contributed by atoms with Crippen LogP contribution in [0.1, 0.15) is 310 Å². The zero-order chi connectivity index (χ0) is 50.7. The number of hydrogen-bond acceptors (Lipinski definition) is 6. The normalized spacial score (nSPS) is 12.4. The fourth-order valence-corrected chi connectivity index (χ4v) is 8.72. The molecule has 0 aliphatic carbocycles. The topological polar surface area (TPSA) is 78.9 Å². The Morgan fingerprint density at radius 2 is 0.557 bits per heavy atom. The van der Waals surface area contributed by atoms with Gasteiger partial charge in [0, 0.05) is 19.3 Å². The molecular formula is C64H114O6. The van der Waals surface area contributed by atoms with Gasteiger partial charge in [-0.05, 0) is 83.5 Å². The summed E-state index contributed by atoms with van der Waals surface area (Å²) in [5, 5.41) is 0. The SMILES string of the molecule is CC/C=C\C/C=C\C/C=C\C/C=C\CCCCCCCCCCCCC(=O)OCC(COC(=O)CCCCCCC/C=C\CCCCCCC)OC(=O)CCCCCCCCCCCCCCCCC. The second kappa shape index (κ2) is 58.7. The summed E-state index contributed by atoms with van der Waals surface area (Å²) in [6.45, 7) is 6.54. The van der Waals surface area contributed by atoms with E-state index >= 15 is 0 Å². The Balaban J connectivity index is 4.31. The third-order valence-electron chi connectivity index (χ3n) is 13.3. The molecule has 0 bridgehead atoms. The largest absolute Gasteiger partial charge is 0.462 e. The molecule has 0 N–H and O–H groups in total. The minimum atomic E-state index is -0.777. The van der Waals surface area contributed by atoms with E-state index in [1.54, 1.807) is 0 Å². The van der Waals surface area contributed by atoms with Crippen molar-refractivity contribution in [2.24, 2.45) is 0 Å². The second-order valence-corrected chi connectivity index (χ2v) is 20.2. The minimum absolute atomic E-state index is 0.0759. The van der Waals surface area contributed by atoms with Gasteiger partial charge in [-0.2, -0.15) is 0 Å². The van der Waals surface area contributed by atoms with Crippen molar-refractivity contribution in [3.05, 3.63) is 60.8 Å². The molecule has 70 heavy (non-hydrogen) atoms. The van der Waals surface area contributed by atoms with Crippen molar-refractivity contribution < 1.29 is 28.6 Å². The standard InChI is InChI=1S/C64H114O6/c1-4-7-10-13-16-19-22-25-28-29-30-31-32-33-34-35-37-39-42-45-48-51-54-57-63(66)69-60-61(59-68-62(65)56-53-50-47-44-41-38-27-24-21-18-15-12-9-6-3)70-64(67)58-55-52-49-46-43-40-36-26-23-20-17-14-11-8-5-2/h7,10,16,19,24-25,27-28,30-31,61H,4-6,8-9,11-15,17-18,20-23,26,29,32-60H2,1-3H3/b10-7-,19-16-,27-24-,28-25-,31-30-. The number of carbonyl (C=O) groups excluding carboxylic acids is 3. The maximum Gasteiger partial charge on any atom is 0.306 e. The lowest BCUT2D eigenvalue weighted by Gasteiger charge is -2.18. The second-order valence-electron chi connectivity index (χ2n) is 20.2. The van der Waals surface area contributed by atoms with Gasteiger partial charge in [0.25, 0.3) is 0 Å². The van der Waals surface area contributed by atoms with Crippen LogP contribution in [0.4, 0.5) is 0 Å². The van der Waals surface area contributed by atoms with Crippen LogP contribution in [0.2, 0.25) is 0 Å². The molecule has 0 saturated carbocycles. The van der Waals surface area contributed by atoms with Crippen LogP contribution in [0.25, 0.3) is 0 Å². The summed E-state index contributed by atoms with van der Waals surface area (Å²) in [6.07, 6.45) is 73.6. The van der Waals surface area contributed by atoms with Gasteiger partial charge in [-0.1, -0.05) is 268 Å². The Morgan fingerprint density at radius 1 is 0.300 bits per heavy atom. The Hall–Kier alpha value is -2.89. The minimum Gasteiger partial charge on any atom is -0.462 e. The van der Waals surface area contributed by atoms with Crippen LogP contribution in [-0.4, -0.2) is 37.2 Å². The third-order valence-corrected chi connectivity index (χ3v) is 13.3. The van der Waals surface area contributed by atoms with Crippen molar-refractivity contribution in [2.75, 3.05) is 13.2 Å². The zero-order valence-corrected chi connectivity index (χ0v) is 46.5. The highest BCUT2D eigenvalue weighted by atomic mass is 16.6. The van der Waals surface area contributed by atoms with Crippen molar-refractivity contribution in [1.29, 1.82) is 0 Å². The maximum absolute atomic E-state index is 12.9. The molecule has 0 aliphatic heterocycles. The quantitative estimate of drug-likeness (QED) is 0.0261. The molecule has 0 amide bonds. The Kier molecular flexibility index (Phi) is 56.3. The van der Waals surface area contributed by atoms with E-state index in [4.69, 9.17) is 14.2 Å². The van der Waals surface area contributed by atoms with Crippen molar-refractivity contribution in [2.45, 2.75) is 316 Å². The van der Waals surface area contributed by atoms with E-state index in [9.17, 15) is 14.4 Å². The lowest BCUT2D eigenvalue weighted by Crippen LogP contribution is -2.30. The highest BCUT2D eigenvalue weighted by Gasteiger charge is 2.19. The van der Waals surface area contributed by atoms with Crippen LogP contribution < -0.4 is 0 Å². The van der Waals surface area contributed by atoms with E-state index in [1.807, 2.05) is 0 Å². The monoisotopic (exact) mass is 979 g/mol. The molecule has 1 atom stereocenters. The number of allylic oxidation sites excluding steroid dienone is 10. The average molecular weight is 980 g/mol. The van der Waals surface area contributed by atoms with Gasteiger partial charge in [0.2, 0.25) is 0 Å². The number of esters is 3. The van der Waals surface area contributed by atoms with E-state index in [1.165, 1.54) is 180 Å². The van der Waals surface area contributed by atoms with E-state index in [0.29, 0.717) is 19.3 Å². The summed E-state index contributed by atoms with van der Waals surface area (Å²) in [7, 11) is 0. The van der Waals surface area contributed by atoms with Crippen LogP contribution in [0.5, 0.6) is 0 Å². The van der Waals surface area contributed by atoms with Crippen LogP contribution in [0, 0.1) is 0 Å². The number of carbonyl (C=O) groups is 3. The molecule has 6 nitrogen and oxygen atoms in total. The van der Waals surface area contributed by atoms with Crippen molar-refractivity contribution >= 4 is 17.9 Å². The van der Waals surface area contributed by atoms with Gasteiger partial charge in [0.1, 0.15) is 13.2 Å². The molecule has 0 spiro atoms. The van der Waals surface area contributed by atoms with Gasteiger partial charge < -0.3 is 14.2 Å². The number of unbranched alkanes of at least 4 members (excludes halogenated alkanes) is 34. The Morgan fingerprint density at radius 3 is 0.886 bits per heavy atom. The number of rotatable bonds is 55. The van der Waals surface area contributed by atoms with Crippen molar-refractivity contribution in [3.8, 4) is 0 Å². The summed E-state index contributed by atoms with van der Waals surface area (Å²) >= 11 is 0. The Labute approximate surface area is 434 Å². The lowest BCUT2D eigenvalue weighted by atomic mass is 10.0. The molecule has 0 aromatic rings. The Bertz CT molecular complexity index is 1260. The van der Waals surface area contributed by atoms with Crippen molar-refractivity contribution in [3.63, 3.8) is 0 Å². The highest BCUT2D eigenvalue weighted by molar-refractivity contribution is 5.71. The molecule has 0 aliphatic rings. The molecular weight excluding hydrogens is 865 g/mol. The van der Waals surface area contributed by atoms with Gasteiger partial charge in [0.05, 0.1) is 0 Å². The summed E-state index contributed by atoms with van der Waals surface area (Å²) in [4.78, 5) is 38.2. The van der Waals surface area contributed by atoms with Gasteiger partial charge in [0.15, 0.2) is 6.10 Å². The fraction of sp³-hybridized carbons (Fsp3) is 0.797. The lowest BCUT2D eigenvalue weighted by molar-refractivity contribution is -0.167. The first-order valence-electron chi connectivity index (χ1n) is 30.3. The van der Waals surface area contributed by atoms with E-state index in [2.05, 4.69) is 81.5 Å². The van der Waals surface area contributed by atoms with Crippen molar-refractivity contribution in [1.82, 2.24) is 0 Å². The summed E-state index contributed by atoms with van der Waals surface area (Å²) in [6, 6.07) is 0. The molecule has 0 rings (SSSR count). The summed E-state index contributed by atoms with van der Waals surface area (Å²) in [5.41, 5.74) is 0. The van der Waals surface area contributed by atoms with E-state index in [0.717, 1.165) is 89.9 Å². The van der Waals surface area contributed by atoms with E-state index in [-0.39, 0.29) is 31.1 Å². The number of hydrogen-bond donors (Lipinski definition) is 0. The zero-order valence-electron chi connectivity index (χ0n) is 46.5. The molecule has 0 aromatic heterocycles. The molecule has 0 aromatic carbocycles. The highest BCUT2D eigenvalue weighted by Crippen LogP contribution is 2.16. The first-order valence-corrected chi connectivity index (χ1v) is 30.3. The molecule has 0 heterocycles. The summed E-state index contributed by atoms with van der Waals surface area (Å²) in [5.74, 6) is -0.872. The molecule has 1 unspecified atom stereocenters. The van der Waals surface area contributed by atoms with Gasteiger partial charge in [-0.25, -0.2) is 0 Å². The molecule has 0 radical (unpaired) electrons. The van der Waals surface area contributed by atoms with Crippen LogP contribution in [-0.2, 0) is 28.6 Å². The third kappa shape index (κ3) is 56.0. The predicted octanol–water partition coefficient (Wildman–Crippen LogP) is 20.4. The van der Waals surface area contributed by atoms with Crippen LogP contribution in [0.3, 0.4) is 0 Å². The van der Waals surface area contributed by atoms with Gasteiger partial charge in [-0.3, -0.25) is 14.4 Å². The predicted molar refractivity (Wildman–Crippen MR) is 302 cm³/mol. The number of ether oxygens (including phenoxy) is 3. The van der Waals surface area contributed by atoms with Gasteiger partial charge >= 0.3 is 17.9 Å². The van der Waals surface area contributed by atoms with Crippen LogP contribution in [0.15, 0.2) is 60.8 Å². The smallest absolute Gasteiger partial charge is 0.306 e. The first kappa shape index (κ1) is 67.1. The first-order chi connectivity index (χ1) is 34.5.